The Morgan fingerprint density at radius 1 is 0.442 bits per heavy atom. The van der Waals surface area contributed by atoms with Crippen molar-refractivity contribution < 1.29 is 0 Å². The molecule has 0 fully saturated rings. The maximum atomic E-state index is 5.37. The molecule has 5 aromatic heterocycles. The average molecular weight is 554 g/mol. The lowest BCUT2D eigenvalue weighted by Gasteiger charge is -2.14. The first-order valence-electron chi connectivity index (χ1n) is 14.2. The van der Waals surface area contributed by atoms with Crippen LogP contribution in [0, 0.1) is 0 Å². The van der Waals surface area contributed by atoms with E-state index in [2.05, 4.69) is 74.4 Å². The summed E-state index contributed by atoms with van der Waals surface area (Å²) in [5.41, 5.74) is 9.87. The van der Waals surface area contributed by atoms with Gasteiger partial charge in [0, 0.05) is 28.5 Å². The summed E-state index contributed by atoms with van der Waals surface area (Å²) in [4.78, 5) is 20.5. The molecule has 4 aromatic carbocycles. The second-order valence-electron chi connectivity index (χ2n) is 10.4. The van der Waals surface area contributed by atoms with Gasteiger partial charge in [0.1, 0.15) is 16.6 Å². The third kappa shape index (κ3) is 3.48. The largest absolute Gasteiger partial charge is 0.293 e. The standard InChI is InChI=1S/C36H23N7/c1-4-13-24(14-5-1)30-23-38-36(42(30)26-17-8-3-9-18-26)43-29-21-12-22-37-32(29)33-35(43)39-31-27-19-10-11-20-28(27)41(34(31)40-33)25-15-6-2-7-16-25/h1-23H. The minimum absolute atomic E-state index is 0.708. The van der Waals surface area contributed by atoms with Gasteiger partial charge in [-0.25, -0.2) is 15.0 Å². The number of hydrogen-bond donors (Lipinski definition) is 0. The first-order valence-corrected chi connectivity index (χ1v) is 14.2. The van der Waals surface area contributed by atoms with Crippen LogP contribution < -0.4 is 0 Å². The molecule has 0 spiro atoms. The van der Waals surface area contributed by atoms with Crippen LogP contribution >= 0.6 is 0 Å². The van der Waals surface area contributed by atoms with Crippen molar-refractivity contribution in [3.63, 3.8) is 0 Å². The third-order valence-corrected chi connectivity index (χ3v) is 7.98. The molecule has 0 amide bonds. The Hall–Kier alpha value is -6.08. The van der Waals surface area contributed by atoms with Crippen LogP contribution in [0.25, 0.3) is 72.8 Å². The Balaban J connectivity index is 1.42. The minimum Gasteiger partial charge on any atom is -0.293 e. The first kappa shape index (κ1) is 23.6. The molecule has 9 rings (SSSR count). The number of benzene rings is 4. The van der Waals surface area contributed by atoms with E-state index >= 15 is 0 Å². The topological polar surface area (TPSA) is 66.3 Å². The average Bonchev–Trinajstić information content (AvgIpc) is 3.75. The molecule has 43 heavy (non-hydrogen) atoms. The normalized spacial score (nSPS) is 11.7. The molecule has 202 valence electrons. The van der Waals surface area contributed by atoms with E-state index in [0.717, 1.165) is 67.2 Å². The van der Waals surface area contributed by atoms with Gasteiger partial charge in [-0.2, -0.15) is 0 Å². The van der Waals surface area contributed by atoms with Gasteiger partial charge < -0.3 is 0 Å². The zero-order valence-corrected chi connectivity index (χ0v) is 22.9. The smallest absolute Gasteiger partial charge is 0.221 e. The van der Waals surface area contributed by atoms with Crippen molar-refractivity contribution in [2.45, 2.75) is 0 Å². The van der Waals surface area contributed by atoms with Gasteiger partial charge in [-0.05, 0) is 42.5 Å². The van der Waals surface area contributed by atoms with Crippen LogP contribution in [-0.2, 0) is 0 Å². The first-order chi connectivity index (χ1) is 21.4. The number of fused-ring (bicyclic) bond motifs is 6. The predicted molar refractivity (Wildman–Crippen MR) is 171 cm³/mol. The summed E-state index contributed by atoms with van der Waals surface area (Å²) in [6.07, 6.45) is 3.74. The second kappa shape index (κ2) is 9.22. The molecule has 0 N–H and O–H groups in total. The van der Waals surface area contributed by atoms with Crippen LogP contribution in [0.5, 0.6) is 0 Å². The minimum atomic E-state index is 0.708. The van der Waals surface area contributed by atoms with E-state index in [-0.39, 0.29) is 0 Å². The van der Waals surface area contributed by atoms with E-state index in [4.69, 9.17) is 19.9 Å². The summed E-state index contributed by atoms with van der Waals surface area (Å²) in [6.45, 7) is 0. The molecule has 0 atom stereocenters. The summed E-state index contributed by atoms with van der Waals surface area (Å²) in [5.74, 6) is 0.721. The summed E-state index contributed by atoms with van der Waals surface area (Å²) in [6, 6.07) is 43.3. The van der Waals surface area contributed by atoms with E-state index < -0.39 is 0 Å². The van der Waals surface area contributed by atoms with Gasteiger partial charge >= 0.3 is 0 Å². The lowest BCUT2D eigenvalue weighted by Crippen LogP contribution is -2.07. The number of rotatable bonds is 4. The highest BCUT2D eigenvalue weighted by molar-refractivity contribution is 6.11. The molecular weight excluding hydrogens is 530 g/mol. The van der Waals surface area contributed by atoms with Crippen molar-refractivity contribution in [2.24, 2.45) is 0 Å². The van der Waals surface area contributed by atoms with Gasteiger partial charge in [-0.15, -0.1) is 0 Å². The van der Waals surface area contributed by atoms with Crippen LogP contribution in [0.4, 0.5) is 0 Å². The number of pyridine rings is 1. The number of aromatic nitrogens is 7. The molecule has 0 saturated carbocycles. The van der Waals surface area contributed by atoms with Crippen LogP contribution in [0.1, 0.15) is 0 Å². The number of hydrogen-bond acceptors (Lipinski definition) is 4. The summed E-state index contributed by atoms with van der Waals surface area (Å²) in [5, 5.41) is 1.04. The van der Waals surface area contributed by atoms with Crippen LogP contribution in [0.15, 0.2) is 140 Å². The molecule has 0 saturated heterocycles. The van der Waals surface area contributed by atoms with E-state index in [1.807, 2.05) is 79.1 Å². The van der Waals surface area contributed by atoms with Crippen molar-refractivity contribution in [3.05, 3.63) is 140 Å². The SMILES string of the molecule is c1ccc(-c2cnc(-n3c4cccnc4c4nc5c(nc43)c3ccccc3n5-c3ccccc3)n2-c2ccccc2)cc1. The van der Waals surface area contributed by atoms with Crippen molar-refractivity contribution in [2.75, 3.05) is 0 Å². The predicted octanol–water partition coefficient (Wildman–Crippen LogP) is 7.92. The van der Waals surface area contributed by atoms with E-state index in [1.165, 1.54) is 0 Å². The Labute approximate surface area is 246 Å². The number of nitrogens with zero attached hydrogens (tertiary/aromatic N) is 7. The molecule has 0 aliphatic rings. The molecule has 0 radical (unpaired) electrons. The molecule has 5 heterocycles. The molecule has 0 aliphatic carbocycles. The van der Waals surface area contributed by atoms with Gasteiger partial charge in [0.25, 0.3) is 0 Å². The summed E-state index contributed by atoms with van der Waals surface area (Å²) < 4.78 is 6.46. The Bertz CT molecular complexity index is 2440. The second-order valence-corrected chi connectivity index (χ2v) is 10.4. The summed E-state index contributed by atoms with van der Waals surface area (Å²) >= 11 is 0. The number of imidazole rings is 1. The highest BCUT2D eigenvalue weighted by atomic mass is 15.3. The van der Waals surface area contributed by atoms with E-state index in [0.29, 0.717) is 5.65 Å². The fraction of sp³-hybridized carbons (Fsp3) is 0. The quantitative estimate of drug-likeness (QED) is 0.222. The zero-order valence-electron chi connectivity index (χ0n) is 22.9. The molecule has 7 nitrogen and oxygen atoms in total. The van der Waals surface area contributed by atoms with Gasteiger partial charge in [-0.3, -0.25) is 18.7 Å². The Morgan fingerprint density at radius 3 is 1.81 bits per heavy atom. The molecule has 9 aromatic rings. The maximum absolute atomic E-state index is 5.37. The fourth-order valence-corrected chi connectivity index (χ4v) is 6.11. The molecule has 0 unspecified atom stereocenters. The maximum Gasteiger partial charge on any atom is 0.221 e. The molecular formula is C36H23N7. The van der Waals surface area contributed by atoms with Crippen LogP contribution in [0.2, 0.25) is 0 Å². The summed E-state index contributed by atoms with van der Waals surface area (Å²) in [7, 11) is 0. The van der Waals surface area contributed by atoms with Gasteiger partial charge in [0.2, 0.25) is 5.95 Å². The van der Waals surface area contributed by atoms with Crippen LogP contribution in [0.3, 0.4) is 0 Å². The zero-order chi connectivity index (χ0) is 28.3. The van der Waals surface area contributed by atoms with Crippen LogP contribution in [-0.4, -0.2) is 33.6 Å². The third-order valence-electron chi connectivity index (χ3n) is 7.98. The van der Waals surface area contributed by atoms with Crippen molar-refractivity contribution in [3.8, 4) is 28.6 Å². The highest BCUT2D eigenvalue weighted by Gasteiger charge is 2.24. The van der Waals surface area contributed by atoms with Crippen molar-refractivity contribution in [1.82, 2.24) is 33.6 Å². The Kier molecular flexibility index (Phi) is 5.06. The molecule has 0 aliphatic heterocycles. The highest BCUT2D eigenvalue weighted by Crippen LogP contribution is 2.36. The van der Waals surface area contributed by atoms with Crippen molar-refractivity contribution in [1.29, 1.82) is 0 Å². The van der Waals surface area contributed by atoms with E-state index in [9.17, 15) is 0 Å². The number of para-hydroxylation sites is 3. The lowest BCUT2D eigenvalue weighted by atomic mass is 10.1. The van der Waals surface area contributed by atoms with Gasteiger partial charge in [-0.1, -0.05) is 84.9 Å². The fourth-order valence-electron chi connectivity index (χ4n) is 6.11. The monoisotopic (exact) mass is 553 g/mol. The van der Waals surface area contributed by atoms with Gasteiger partial charge in [0.15, 0.2) is 11.3 Å². The Morgan fingerprint density at radius 2 is 1.05 bits per heavy atom. The molecule has 7 heteroatoms. The van der Waals surface area contributed by atoms with Crippen molar-refractivity contribution >= 4 is 44.3 Å². The lowest BCUT2D eigenvalue weighted by molar-refractivity contribution is 0.932. The molecule has 0 bridgehead atoms. The van der Waals surface area contributed by atoms with E-state index in [1.54, 1.807) is 0 Å². The van der Waals surface area contributed by atoms with Gasteiger partial charge in [0.05, 0.1) is 22.9 Å².